The van der Waals surface area contributed by atoms with Gasteiger partial charge in [0.15, 0.2) is 0 Å². The normalized spacial score (nSPS) is 12.1. The van der Waals surface area contributed by atoms with Gasteiger partial charge in [0.25, 0.3) is 0 Å². The number of halogens is 7. The number of hydrogen-bond donors (Lipinski definition) is 1. The highest BCUT2D eigenvalue weighted by Gasteiger charge is 2.31. The lowest BCUT2D eigenvalue weighted by molar-refractivity contribution is -0.138. The minimum Gasteiger partial charge on any atom is -0.439 e. The predicted molar refractivity (Wildman–Crippen MR) is 108 cm³/mol. The molecular weight excluding hydrogens is 476 g/mol. The number of amides is 1. The number of alkyl halides is 6. The molecule has 0 saturated carbocycles. The van der Waals surface area contributed by atoms with Crippen LogP contribution < -0.4 is 10.1 Å². The zero-order valence-electron chi connectivity index (χ0n) is 16.2. The van der Waals surface area contributed by atoms with E-state index in [2.05, 4.69) is 15.3 Å². The van der Waals surface area contributed by atoms with Gasteiger partial charge in [0.1, 0.15) is 5.75 Å². The summed E-state index contributed by atoms with van der Waals surface area (Å²) in [7, 11) is 0. The molecule has 3 aromatic rings. The van der Waals surface area contributed by atoms with Gasteiger partial charge in [-0.2, -0.15) is 26.3 Å². The molecule has 0 aliphatic carbocycles. The number of hydrogen-bond acceptors (Lipinski definition) is 4. The van der Waals surface area contributed by atoms with Gasteiger partial charge in [0, 0.05) is 30.2 Å². The van der Waals surface area contributed by atoms with Gasteiger partial charge in [-0.05, 0) is 42.5 Å². The number of ether oxygens (including phenoxy) is 1. The smallest absolute Gasteiger partial charge is 0.417 e. The van der Waals surface area contributed by atoms with Crippen LogP contribution in [0.2, 0.25) is 5.02 Å². The third-order valence-corrected chi connectivity index (χ3v) is 4.30. The van der Waals surface area contributed by atoms with E-state index in [-0.39, 0.29) is 22.3 Å². The first-order valence-electron chi connectivity index (χ1n) is 8.95. The summed E-state index contributed by atoms with van der Waals surface area (Å²) in [5, 5.41) is 2.24. The maximum atomic E-state index is 12.6. The Hall–Kier alpha value is -3.60. The number of carbonyl (C=O) groups is 1. The summed E-state index contributed by atoms with van der Waals surface area (Å²) in [4.78, 5) is 19.2. The Morgan fingerprint density at radius 3 is 2.09 bits per heavy atom. The van der Waals surface area contributed by atoms with Crippen molar-refractivity contribution < 1.29 is 35.9 Å². The molecule has 1 aromatic carbocycles. The van der Waals surface area contributed by atoms with Crippen molar-refractivity contribution in [3.63, 3.8) is 0 Å². The Bertz CT molecular complexity index is 1160. The van der Waals surface area contributed by atoms with Crippen LogP contribution in [0.3, 0.4) is 0 Å². The number of nitrogens with zero attached hydrogens (tertiary/aromatic N) is 2. The van der Waals surface area contributed by atoms with Gasteiger partial charge in [0.2, 0.25) is 11.8 Å². The number of aromatic nitrogens is 2. The summed E-state index contributed by atoms with van der Waals surface area (Å²) in [6.07, 6.45) is -5.65. The average Bonchev–Trinajstić information content (AvgIpc) is 2.73. The van der Waals surface area contributed by atoms with Crippen molar-refractivity contribution in [2.45, 2.75) is 12.4 Å². The second-order valence-corrected chi connectivity index (χ2v) is 6.83. The zero-order valence-corrected chi connectivity index (χ0v) is 17.0. The van der Waals surface area contributed by atoms with E-state index in [4.69, 9.17) is 16.3 Å². The lowest BCUT2D eigenvalue weighted by atomic mass is 10.2. The van der Waals surface area contributed by atoms with Crippen LogP contribution in [-0.2, 0) is 17.1 Å². The molecule has 0 atom stereocenters. The molecule has 0 unspecified atom stereocenters. The Labute approximate surface area is 187 Å². The van der Waals surface area contributed by atoms with Crippen molar-refractivity contribution in [1.82, 2.24) is 9.97 Å². The van der Waals surface area contributed by atoms with Gasteiger partial charge < -0.3 is 10.1 Å². The number of rotatable bonds is 5. The molecule has 12 heteroatoms. The molecule has 33 heavy (non-hydrogen) atoms. The first-order chi connectivity index (χ1) is 15.4. The second-order valence-electron chi connectivity index (χ2n) is 6.42. The summed E-state index contributed by atoms with van der Waals surface area (Å²) < 4.78 is 80.9. The van der Waals surface area contributed by atoms with Crippen molar-refractivity contribution in [2.24, 2.45) is 0 Å². The van der Waals surface area contributed by atoms with E-state index in [1.54, 1.807) is 0 Å². The Kier molecular flexibility index (Phi) is 6.92. The van der Waals surface area contributed by atoms with Crippen LogP contribution in [0.1, 0.15) is 16.8 Å². The predicted octanol–water partition coefficient (Wildman–Crippen LogP) is 6.61. The maximum Gasteiger partial charge on any atom is 0.417 e. The molecule has 1 amide bonds. The number of carbonyl (C=O) groups excluding carboxylic acids is 1. The van der Waals surface area contributed by atoms with E-state index < -0.39 is 29.4 Å². The SMILES string of the molecule is O=C(C=Cc1ncc(C(F)(F)F)cc1Cl)Nc1ccc(Oc2ccc(C(F)(F)F)cn2)cc1. The fraction of sp³-hybridized carbons (Fsp3) is 0.0952. The standard InChI is InChI=1S/C21H12ClF6N3O2/c22-16-9-13(21(26,27)28)11-29-17(16)6-7-18(32)31-14-2-4-15(5-3-14)33-19-8-1-12(10-30-19)20(23,24)25/h1-11H,(H,31,32). The molecule has 0 radical (unpaired) electrons. The molecule has 2 heterocycles. The van der Waals surface area contributed by atoms with Crippen LogP contribution >= 0.6 is 11.6 Å². The van der Waals surface area contributed by atoms with Crippen molar-refractivity contribution in [3.05, 3.63) is 82.8 Å². The van der Waals surface area contributed by atoms with Crippen LogP contribution in [0.4, 0.5) is 32.0 Å². The molecule has 0 bridgehead atoms. The maximum absolute atomic E-state index is 12.6. The third kappa shape index (κ3) is 6.69. The molecule has 0 spiro atoms. The minimum absolute atomic E-state index is 0.0207. The van der Waals surface area contributed by atoms with Gasteiger partial charge in [-0.15, -0.1) is 0 Å². The summed E-state index contributed by atoms with van der Waals surface area (Å²) in [6.45, 7) is 0. The summed E-state index contributed by atoms with van der Waals surface area (Å²) in [5.41, 5.74) is -1.59. The highest BCUT2D eigenvalue weighted by molar-refractivity contribution is 6.32. The lowest BCUT2D eigenvalue weighted by Gasteiger charge is -2.09. The van der Waals surface area contributed by atoms with Crippen molar-refractivity contribution in [1.29, 1.82) is 0 Å². The van der Waals surface area contributed by atoms with Crippen molar-refractivity contribution in [2.75, 3.05) is 5.32 Å². The van der Waals surface area contributed by atoms with Gasteiger partial charge in [-0.1, -0.05) is 11.6 Å². The monoisotopic (exact) mass is 487 g/mol. The van der Waals surface area contributed by atoms with E-state index in [0.29, 0.717) is 24.1 Å². The highest BCUT2D eigenvalue weighted by atomic mass is 35.5. The van der Waals surface area contributed by atoms with E-state index in [0.717, 1.165) is 24.3 Å². The lowest BCUT2D eigenvalue weighted by Crippen LogP contribution is -2.08. The molecule has 1 N–H and O–H groups in total. The Balaban J connectivity index is 1.59. The van der Waals surface area contributed by atoms with Crippen LogP contribution in [0.25, 0.3) is 6.08 Å². The van der Waals surface area contributed by atoms with E-state index >= 15 is 0 Å². The van der Waals surface area contributed by atoms with E-state index in [1.807, 2.05) is 0 Å². The quantitative estimate of drug-likeness (QED) is 0.325. The van der Waals surface area contributed by atoms with Crippen LogP contribution in [-0.4, -0.2) is 15.9 Å². The largest absolute Gasteiger partial charge is 0.439 e. The van der Waals surface area contributed by atoms with Crippen LogP contribution in [0.15, 0.2) is 60.9 Å². The fourth-order valence-electron chi connectivity index (χ4n) is 2.40. The first kappa shape index (κ1) is 24.1. The van der Waals surface area contributed by atoms with E-state index in [9.17, 15) is 31.1 Å². The highest BCUT2D eigenvalue weighted by Crippen LogP contribution is 2.32. The van der Waals surface area contributed by atoms with E-state index in [1.165, 1.54) is 24.3 Å². The van der Waals surface area contributed by atoms with Crippen LogP contribution in [0, 0.1) is 0 Å². The van der Waals surface area contributed by atoms with Gasteiger partial charge in [-0.25, -0.2) is 4.98 Å². The minimum atomic E-state index is -4.59. The summed E-state index contributed by atoms with van der Waals surface area (Å²) >= 11 is 5.77. The number of nitrogens with one attached hydrogen (secondary N) is 1. The molecule has 3 rings (SSSR count). The molecule has 2 aromatic heterocycles. The topological polar surface area (TPSA) is 64.1 Å². The van der Waals surface area contributed by atoms with Gasteiger partial charge >= 0.3 is 12.4 Å². The first-order valence-corrected chi connectivity index (χ1v) is 9.32. The Morgan fingerprint density at radius 1 is 0.909 bits per heavy atom. The fourth-order valence-corrected chi connectivity index (χ4v) is 2.63. The Morgan fingerprint density at radius 2 is 1.55 bits per heavy atom. The van der Waals surface area contributed by atoms with Crippen molar-refractivity contribution in [3.8, 4) is 11.6 Å². The van der Waals surface area contributed by atoms with Crippen molar-refractivity contribution >= 4 is 29.3 Å². The number of anilines is 1. The van der Waals surface area contributed by atoms with Crippen LogP contribution in [0.5, 0.6) is 11.6 Å². The zero-order chi connectivity index (χ0) is 24.2. The number of pyridine rings is 2. The summed E-state index contributed by atoms with van der Waals surface area (Å²) in [6, 6.07) is 8.45. The molecule has 0 saturated heterocycles. The molecule has 0 aliphatic heterocycles. The average molecular weight is 488 g/mol. The van der Waals surface area contributed by atoms with Gasteiger partial charge in [0.05, 0.1) is 21.8 Å². The number of benzene rings is 1. The molecule has 0 fully saturated rings. The molecule has 172 valence electrons. The molecule has 5 nitrogen and oxygen atoms in total. The second kappa shape index (κ2) is 9.49. The molecule has 0 aliphatic rings. The van der Waals surface area contributed by atoms with Gasteiger partial charge in [-0.3, -0.25) is 9.78 Å². The third-order valence-electron chi connectivity index (χ3n) is 4.00. The molecular formula is C21H12ClF6N3O2. The summed E-state index contributed by atoms with van der Waals surface area (Å²) in [5.74, 6) is -0.397.